The topological polar surface area (TPSA) is 79.0 Å². The number of anilines is 1. The third-order valence-corrected chi connectivity index (χ3v) is 5.04. The van der Waals surface area contributed by atoms with Crippen LogP contribution in [0.2, 0.25) is 0 Å². The molecule has 0 unspecified atom stereocenters. The molecule has 6 nitrogen and oxygen atoms in total. The summed E-state index contributed by atoms with van der Waals surface area (Å²) in [6, 6.07) is 2.32. The van der Waals surface area contributed by atoms with Crippen LogP contribution in [0.5, 0.6) is 0 Å². The van der Waals surface area contributed by atoms with Crippen LogP contribution in [0.3, 0.4) is 0 Å². The molecule has 1 fully saturated rings. The lowest BCUT2D eigenvalue weighted by Gasteiger charge is -2.41. The van der Waals surface area contributed by atoms with Crippen LogP contribution in [0.4, 0.5) is 5.82 Å². The van der Waals surface area contributed by atoms with E-state index in [9.17, 15) is 8.42 Å². The number of sulfone groups is 1. The van der Waals surface area contributed by atoms with Gasteiger partial charge < -0.3 is 9.88 Å². The maximum absolute atomic E-state index is 11.3. The van der Waals surface area contributed by atoms with Gasteiger partial charge in [0.15, 0.2) is 0 Å². The molecule has 7 heteroatoms. The van der Waals surface area contributed by atoms with Crippen LogP contribution in [0.1, 0.15) is 12.8 Å². The predicted octanol–water partition coefficient (Wildman–Crippen LogP) is 1.22. The van der Waals surface area contributed by atoms with Crippen molar-refractivity contribution in [2.75, 3.05) is 24.0 Å². The van der Waals surface area contributed by atoms with E-state index in [0.29, 0.717) is 11.8 Å². The number of H-pyrrole nitrogens is 1. The highest BCUT2D eigenvalue weighted by Gasteiger charge is 2.35. The molecular weight excluding hydrogens is 276 g/mol. The van der Waals surface area contributed by atoms with Gasteiger partial charge in [-0.3, -0.25) is 0 Å². The summed E-state index contributed by atoms with van der Waals surface area (Å²) in [6.45, 7) is 0. The van der Waals surface area contributed by atoms with E-state index >= 15 is 0 Å². The highest BCUT2D eigenvalue weighted by Crippen LogP contribution is 2.35. The number of hydrogen-bond acceptors (Lipinski definition) is 5. The highest BCUT2D eigenvalue weighted by molar-refractivity contribution is 7.90. The molecule has 1 aliphatic rings. The Morgan fingerprint density at radius 1 is 1.40 bits per heavy atom. The maximum Gasteiger partial charge on any atom is 0.147 e. The lowest BCUT2D eigenvalue weighted by molar-refractivity contribution is 0.282. The molecule has 2 aromatic rings. The Kier molecular flexibility index (Phi) is 3.16. The average Bonchev–Trinajstić information content (AvgIpc) is 2.79. The Labute approximate surface area is 118 Å². The second kappa shape index (κ2) is 4.73. The second-order valence-corrected chi connectivity index (χ2v) is 7.82. The molecule has 1 aliphatic carbocycles. The summed E-state index contributed by atoms with van der Waals surface area (Å²) >= 11 is 0. The van der Waals surface area contributed by atoms with Crippen LogP contribution in [0.15, 0.2) is 18.6 Å². The first kappa shape index (κ1) is 13.4. The van der Waals surface area contributed by atoms with Crippen LogP contribution < -0.4 is 4.90 Å². The first-order chi connectivity index (χ1) is 9.44. The van der Waals surface area contributed by atoms with Gasteiger partial charge in [0.1, 0.15) is 27.6 Å². The Hall–Kier alpha value is -1.63. The number of nitrogens with one attached hydrogen (secondary N) is 1. The van der Waals surface area contributed by atoms with Crippen LogP contribution >= 0.6 is 0 Å². The van der Waals surface area contributed by atoms with Gasteiger partial charge in [-0.2, -0.15) is 0 Å². The minimum atomic E-state index is -2.87. The van der Waals surface area contributed by atoms with Crippen molar-refractivity contribution in [3.63, 3.8) is 0 Å². The van der Waals surface area contributed by atoms with Gasteiger partial charge in [-0.05, 0) is 24.8 Å². The largest absolute Gasteiger partial charge is 0.356 e. The van der Waals surface area contributed by atoms with E-state index in [1.807, 2.05) is 19.3 Å². The Balaban J connectivity index is 1.72. The van der Waals surface area contributed by atoms with Gasteiger partial charge in [0.2, 0.25) is 0 Å². The summed E-state index contributed by atoms with van der Waals surface area (Å²) in [5.41, 5.74) is 0.828. The van der Waals surface area contributed by atoms with Gasteiger partial charge in [0.05, 0.1) is 11.1 Å². The van der Waals surface area contributed by atoms with Crippen molar-refractivity contribution < 1.29 is 8.42 Å². The van der Waals surface area contributed by atoms with E-state index in [0.717, 1.165) is 29.7 Å². The summed E-state index contributed by atoms with van der Waals surface area (Å²) in [7, 11) is -0.863. The number of fused-ring (bicyclic) bond motifs is 1. The lowest BCUT2D eigenvalue weighted by atomic mass is 9.81. The Bertz CT molecular complexity index is 719. The molecule has 0 aromatic carbocycles. The van der Waals surface area contributed by atoms with Crippen molar-refractivity contribution in [1.29, 1.82) is 0 Å². The number of rotatable bonds is 4. The van der Waals surface area contributed by atoms with Crippen LogP contribution in [-0.4, -0.2) is 48.5 Å². The van der Waals surface area contributed by atoms with E-state index in [4.69, 9.17) is 0 Å². The van der Waals surface area contributed by atoms with Crippen LogP contribution in [0.25, 0.3) is 11.0 Å². The van der Waals surface area contributed by atoms with E-state index in [-0.39, 0.29) is 5.92 Å². The molecule has 0 bridgehead atoms. The SMILES string of the molecule is CN(c1ncnc2[nH]ccc12)[C@H]1C[C@@H](CS(C)(=O)=O)C1. The summed E-state index contributed by atoms with van der Waals surface area (Å²) in [6.07, 6.45) is 6.51. The molecule has 3 rings (SSSR count). The highest BCUT2D eigenvalue weighted by atomic mass is 32.2. The molecule has 0 atom stereocenters. The van der Waals surface area contributed by atoms with Crippen LogP contribution in [0, 0.1) is 5.92 Å². The molecule has 0 saturated heterocycles. The van der Waals surface area contributed by atoms with E-state index in [1.54, 1.807) is 6.33 Å². The van der Waals surface area contributed by atoms with Gasteiger partial charge in [0.25, 0.3) is 0 Å². The summed E-state index contributed by atoms with van der Waals surface area (Å²) in [5.74, 6) is 1.47. The van der Waals surface area contributed by atoms with Crippen molar-refractivity contribution >= 4 is 26.7 Å². The molecule has 0 amide bonds. The first-order valence-electron chi connectivity index (χ1n) is 6.62. The molecule has 108 valence electrons. The van der Waals surface area contributed by atoms with Crippen molar-refractivity contribution in [3.05, 3.63) is 18.6 Å². The monoisotopic (exact) mass is 294 g/mol. The molecule has 0 radical (unpaired) electrons. The Morgan fingerprint density at radius 3 is 2.85 bits per heavy atom. The smallest absolute Gasteiger partial charge is 0.147 e. The standard InChI is InChI=1S/C13H18N4O2S/c1-17(10-5-9(6-10)7-20(2,18)19)13-11-3-4-14-12(11)15-8-16-13/h3-4,8-10H,5-7H2,1-2H3,(H,14,15,16)/t9-,10+. The minimum absolute atomic E-state index is 0.279. The fourth-order valence-electron chi connectivity index (χ4n) is 2.89. The average molecular weight is 294 g/mol. The van der Waals surface area contributed by atoms with Gasteiger partial charge in [-0.1, -0.05) is 0 Å². The van der Waals surface area contributed by atoms with Crippen LogP contribution in [-0.2, 0) is 9.84 Å². The molecule has 0 spiro atoms. The number of hydrogen-bond donors (Lipinski definition) is 1. The minimum Gasteiger partial charge on any atom is -0.356 e. The molecule has 0 aliphatic heterocycles. The third kappa shape index (κ3) is 2.49. The van der Waals surface area contributed by atoms with Crippen molar-refractivity contribution in [1.82, 2.24) is 15.0 Å². The fourth-order valence-corrected chi connectivity index (χ4v) is 4.02. The second-order valence-electron chi connectivity index (χ2n) is 5.63. The molecule has 2 aromatic heterocycles. The normalized spacial score (nSPS) is 22.7. The lowest BCUT2D eigenvalue weighted by Crippen LogP contribution is -2.45. The zero-order valence-corrected chi connectivity index (χ0v) is 12.4. The summed E-state index contributed by atoms with van der Waals surface area (Å²) < 4.78 is 22.6. The third-order valence-electron chi connectivity index (χ3n) is 3.96. The quantitative estimate of drug-likeness (QED) is 0.917. The number of aromatic nitrogens is 3. The first-order valence-corrected chi connectivity index (χ1v) is 8.69. The summed E-state index contributed by atoms with van der Waals surface area (Å²) in [4.78, 5) is 13.7. The molecule has 1 saturated carbocycles. The molecule has 2 heterocycles. The van der Waals surface area contributed by atoms with Gasteiger partial charge in [0, 0.05) is 25.5 Å². The summed E-state index contributed by atoms with van der Waals surface area (Å²) in [5, 5.41) is 1.00. The van der Waals surface area contributed by atoms with Crippen molar-refractivity contribution in [2.24, 2.45) is 5.92 Å². The van der Waals surface area contributed by atoms with Gasteiger partial charge >= 0.3 is 0 Å². The molecule has 1 N–H and O–H groups in total. The van der Waals surface area contributed by atoms with E-state index < -0.39 is 9.84 Å². The number of nitrogens with zero attached hydrogens (tertiary/aromatic N) is 3. The predicted molar refractivity (Wildman–Crippen MR) is 78.5 cm³/mol. The van der Waals surface area contributed by atoms with E-state index in [2.05, 4.69) is 19.9 Å². The van der Waals surface area contributed by atoms with Crippen molar-refractivity contribution in [2.45, 2.75) is 18.9 Å². The zero-order valence-electron chi connectivity index (χ0n) is 11.6. The van der Waals surface area contributed by atoms with Gasteiger partial charge in [-0.15, -0.1) is 0 Å². The van der Waals surface area contributed by atoms with Gasteiger partial charge in [-0.25, -0.2) is 18.4 Å². The van der Waals surface area contributed by atoms with E-state index in [1.165, 1.54) is 6.26 Å². The fraction of sp³-hybridized carbons (Fsp3) is 0.538. The molecular formula is C13H18N4O2S. The Morgan fingerprint density at radius 2 is 2.15 bits per heavy atom. The van der Waals surface area contributed by atoms with Crippen molar-refractivity contribution in [3.8, 4) is 0 Å². The molecule has 20 heavy (non-hydrogen) atoms. The number of aromatic amines is 1. The zero-order chi connectivity index (χ0) is 14.3. The maximum atomic E-state index is 11.3.